The van der Waals surface area contributed by atoms with Crippen LogP contribution in [-0.2, 0) is 0 Å². The van der Waals surface area contributed by atoms with Crippen molar-refractivity contribution in [1.29, 1.82) is 5.26 Å². The van der Waals surface area contributed by atoms with Gasteiger partial charge in [-0.1, -0.05) is 0 Å². The maximum atomic E-state index is 8.13. The molecule has 0 aromatic heterocycles. The summed E-state index contributed by atoms with van der Waals surface area (Å²) in [6.45, 7) is 2.03. The Balaban J connectivity index is 3.11. The Kier molecular flexibility index (Phi) is 6.34. The number of rotatable bonds is 5. The van der Waals surface area contributed by atoms with Gasteiger partial charge in [0.1, 0.15) is 6.54 Å². The second-order valence-electron chi connectivity index (χ2n) is 2.38. The molecule has 0 radical (unpaired) electrons. The average Bonchev–Trinajstić information content (AvgIpc) is 1.96. The summed E-state index contributed by atoms with van der Waals surface area (Å²) in [5.41, 5.74) is 0. The molecule has 1 N–H and O–H groups in total. The van der Waals surface area contributed by atoms with Crippen LogP contribution in [0.3, 0.4) is 0 Å². The molecule has 11 heavy (non-hydrogen) atoms. The van der Waals surface area contributed by atoms with Crippen LogP contribution >= 0.6 is 0 Å². The van der Waals surface area contributed by atoms with Gasteiger partial charge in [0.25, 0.3) is 0 Å². The van der Waals surface area contributed by atoms with Crippen molar-refractivity contribution in [2.75, 3.05) is 33.7 Å². The maximum Gasteiger partial charge on any atom is 0.104 e. The fourth-order valence-electron chi connectivity index (χ4n) is 0.478. The van der Waals surface area contributed by atoms with Crippen LogP contribution in [-0.4, -0.2) is 45.0 Å². The van der Waals surface area contributed by atoms with E-state index in [9.17, 15) is 0 Å². The quantitative estimate of drug-likeness (QED) is 0.256. The molecule has 0 aromatic carbocycles. The van der Waals surface area contributed by atoms with Crippen LogP contribution < -0.4 is 5.32 Å². The van der Waals surface area contributed by atoms with E-state index in [1.54, 1.807) is 6.34 Å². The lowest BCUT2D eigenvalue weighted by Gasteiger charge is -2.04. The van der Waals surface area contributed by atoms with Gasteiger partial charge in [0.2, 0.25) is 0 Å². The molecule has 0 aliphatic heterocycles. The van der Waals surface area contributed by atoms with Crippen LogP contribution in [0.2, 0.25) is 0 Å². The highest BCUT2D eigenvalue weighted by molar-refractivity contribution is 5.54. The molecule has 0 aliphatic carbocycles. The van der Waals surface area contributed by atoms with Crippen molar-refractivity contribution in [3.05, 3.63) is 0 Å². The Morgan fingerprint density at radius 2 is 2.36 bits per heavy atom. The van der Waals surface area contributed by atoms with E-state index in [0.717, 1.165) is 13.1 Å². The first kappa shape index (κ1) is 9.92. The van der Waals surface area contributed by atoms with Crippen LogP contribution in [0.15, 0.2) is 4.99 Å². The van der Waals surface area contributed by atoms with Gasteiger partial charge in [0, 0.05) is 6.54 Å². The number of likely N-dealkylation sites (N-methyl/N-ethyl adjacent to an activating group) is 1. The molecule has 0 saturated heterocycles. The van der Waals surface area contributed by atoms with Gasteiger partial charge in [-0.15, -0.1) is 0 Å². The average molecular weight is 154 g/mol. The zero-order valence-corrected chi connectivity index (χ0v) is 7.04. The standard InChI is InChI=1S/C7H14N4/c1-11(2)6-5-10-7-9-4-3-8/h7H,4-6H2,1-2H3,(H,9,10). The van der Waals surface area contributed by atoms with E-state index in [0.29, 0.717) is 6.54 Å². The first-order chi connectivity index (χ1) is 5.27. The summed E-state index contributed by atoms with van der Waals surface area (Å²) in [6.07, 6.45) is 1.58. The van der Waals surface area contributed by atoms with Crippen molar-refractivity contribution < 1.29 is 0 Å². The van der Waals surface area contributed by atoms with E-state index >= 15 is 0 Å². The van der Waals surface area contributed by atoms with Crippen molar-refractivity contribution in [3.63, 3.8) is 0 Å². The molecule has 0 unspecified atom stereocenters. The lowest BCUT2D eigenvalue weighted by Crippen LogP contribution is -2.17. The minimum atomic E-state index is 0.325. The summed E-state index contributed by atoms with van der Waals surface area (Å²) in [4.78, 5) is 6.08. The highest BCUT2D eigenvalue weighted by atomic mass is 15.1. The third-order valence-corrected chi connectivity index (χ3v) is 1.04. The Hall–Kier alpha value is -1.08. The van der Waals surface area contributed by atoms with E-state index in [2.05, 4.69) is 15.2 Å². The molecule has 0 aliphatic rings. The Morgan fingerprint density at radius 3 is 2.91 bits per heavy atom. The Bertz CT molecular complexity index is 145. The number of aliphatic imine (C=N–C) groups is 1. The van der Waals surface area contributed by atoms with E-state index in [1.165, 1.54) is 0 Å². The van der Waals surface area contributed by atoms with Gasteiger partial charge in [-0.25, -0.2) is 0 Å². The third kappa shape index (κ3) is 8.92. The largest absolute Gasteiger partial charge is 0.364 e. The van der Waals surface area contributed by atoms with E-state index < -0.39 is 0 Å². The predicted octanol–water partition coefficient (Wildman–Crippen LogP) is -0.311. The summed E-state index contributed by atoms with van der Waals surface area (Å²) in [5, 5.41) is 10.9. The summed E-state index contributed by atoms with van der Waals surface area (Å²) in [5.74, 6) is 0. The second kappa shape index (κ2) is 7.03. The van der Waals surface area contributed by atoms with E-state index in [-0.39, 0.29) is 0 Å². The molecule has 0 rings (SSSR count). The van der Waals surface area contributed by atoms with Gasteiger partial charge in [-0.2, -0.15) is 5.26 Å². The van der Waals surface area contributed by atoms with Gasteiger partial charge in [0.05, 0.1) is 19.0 Å². The van der Waals surface area contributed by atoms with Crippen molar-refractivity contribution in [2.24, 2.45) is 4.99 Å². The Labute approximate surface area is 67.5 Å². The number of nitrogens with zero attached hydrogens (tertiary/aromatic N) is 3. The highest BCUT2D eigenvalue weighted by Crippen LogP contribution is 1.73. The molecule has 0 fully saturated rings. The molecule has 0 atom stereocenters. The maximum absolute atomic E-state index is 8.13. The molecule has 0 bridgehead atoms. The van der Waals surface area contributed by atoms with Crippen molar-refractivity contribution in [1.82, 2.24) is 10.2 Å². The lowest BCUT2D eigenvalue weighted by atomic mass is 10.6. The zero-order valence-electron chi connectivity index (χ0n) is 7.04. The van der Waals surface area contributed by atoms with Gasteiger partial charge < -0.3 is 10.2 Å². The SMILES string of the molecule is CN(C)CCN=CNCC#N. The first-order valence-corrected chi connectivity index (χ1v) is 3.50. The summed E-state index contributed by atoms with van der Waals surface area (Å²) >= 11 is 0. The van der Waals surface area contributed by atoms with Gasteiger partial charge in [-0.05, 0) is 14.1 Å². The number of nitriles is 1. The minimum Gasteiger partial charge on any atom is -0.364 e. The number of nitrogens with one attached hydrogen (secondary N) is 1. The lowest BCUT2D eigenvalue weighted by molar-refractivity contribution is 0.420. The molecular formula is C7H14N4. The molecule has 0 saturated carbocycles. The number of hydrogen-bond donors (Lipinski definition) is 1. The molecule has 4 heteroatoms. The fraction of sp³-hybridized carbons (Fsp3) is 0.714. The van der Waals surface area contributed by atoms with Crippen molar-refractivity contribution >= 4 is 6.34 Å². The summed E-state index contributed by atoms with van der Waals surface area (Å²) in [6, 6.07) is 1.95. The van der Waals surface area contributed by atoms with E-state index in [1.807, 2.05) is 20.2 Å². The second-order valence-corrected chi connectivity index (χ2v) is 2.38. The smallest absolute Gasteiger partial charge is 0.104 e. The molecule has 62 valence electrons. The third-order valence-electron chi connectivity index (χ3n) is 1.04. The molecule has 0 spiro atoms. The molecule has 0 aromatic rings. The molecular weight excluding hydrogens is 140 g/mol. The van der Waals surface area contributed by atoms with E-state index in [4.69, 9.17) is 5.26 Å². The normalized spacial score (nSPS) is 10.4. The van der Waals surface area contributed by atoms with Crippen molar-refractivity contribution in [3.8, 4) is 6.07 Å². The van der Waals surface area contributed by atoms with Crippen molar-refractivity contribution in [2.45, 2.75) is 0 Å². The number of hydrogen-bond acceptors (Lipinski definition) is 3. The molecule has 4 nitrogen and oxygen atoms in total. The minimum absolute atomic E-state index is 0.325. The van der Waals surface area contributed by atoms with Gasteiger partial charge in [-0.3, -0.25) is 4.99 Å². The first-order valence-electron chi connectivity index (χ1n) is 3.50. The van der Waals surface area contributed by atoms with Crippen LogP contribution in [0.1, 0.15) is 0 Å². The fourth-order valence-corrected chi connectivity index (χ4v) is 0.478. The van der Waals surface area contributed by atoms with Gasteiger partial charge in [0.15, 0.2) is 0 Å². The van der Waals surface area contributed by atoms with Crippen LogP contribution in [0, 0.1) is 11.3 Å². The topological polar surface area (TPSA) is 51.4 Å². The molecule has 0 amide bonds. The van der Waals surface area contributed by atoms with Crippen LogP contribution in [0.5, 0.6) is 0 Å². The molecule has 0 heterocycles. The van der Waals surface area contributed by atoms with Crippen LogP contribution in [0.4, 0.5) is 0 Å². The van der Waals surface area contributed by atoms with Gasteiger partial charge >= 0.3 is 0 Å². The van der Waals surface area contributed by atoms with Crippen LogP contribution in [0.25, 0.3) is 0 Å². The predicted molar refractivity (Wildman–Crippen MR) is 45.5 cm³/mol. The zero-order chi connectivity index (χ0) is 8.53. The monoisotopic (exact) mass is 154 g/mol. The highest BCUT2D eigenvalue weighted by Gasteiger charge is 1.84. The Morgan fingerprint density at radius 1 is 1.64 bits per heavy atom. The summed E-state index contributed by atoms with van der Waals surface area (Å²) < 4.78 is 0. The summed E-state index contributed by atoms with van der Waals surface area (Å²) in [7, 11) is 4.00.